The minimum atomic E-state index is -6.10. The molecule has 2 aromatic heterocycles. The van der Waals surface area contributed by atoms with Crippen molar-refractivity contribution in [3.63, 3.8) is 0 Å². The van der Waals surface area contributed by atoms with Crippen LogP contribution in [0.5, 0.6) is 5.75 Å². The molecule has 0 atom stereocenters. The molecular formula is C30H24F6N2O6. The van der Waals surface area contributed by atoms with Crippen molar-refractivity contribution in [3.05, 3.63) is 113 Å². The van der Waals surface area contributed by atoms with Crippen LogP contribution in [0.15, 0.2) is 79.6 Å². The van der Waals surface area contributed by atoms with E-state index in [2.05, 4.69) is 0 Å². The van der Waals surface area contributed by atoms with Crippen LogP contribution < -0.4 is 22.2 Å². The molecule has 0 amide bonds. The first-order valence-corrected chi connectivity index (χ1v) is 12.8. The third-order valence-electron chi connectivity index (χ3n) is 7.34. The number of allylic oxidation sites excluding steroid dienone is 5. The molecule has 0 fully saturated rings. The third kappa shape index (κ3) is 4.83. The molecule has 232 valence electrons. The van der Waals surface area contributed by atoms with Crippen molar-refractivity contribution >= 4 is 27.2 Å². The average Bonchev–Trinajstić information content (AvgIpc) is 3.31. The summed E-state index contributed by atoms with van der Waals surface area (Å²) in [7, 11) is 0. The van der Waals surface area contributed by atoms with Crippen LogP contribution in [0, 0.1) is 0 Å². The predicted octanol–water partition coefficient (Wildman–Crippen LogP) is 5.36. The van der Waals surface area contributed by atoms with Gasteiger partial charge in [0.25, 0.3) is 22.2 Å². The molecule has 44 heavy (non-hydrogen) atoms. The molecule has 0 unspecified atom stereocenters. The summed E-state index contributed by atoms with van der Waals surface area (Å²) in [6.45, 7) is 5.34. The number of alkyl halides is 6. The molecule has 0 spiro atoms. The molecule has 2 heterocycles. The normalized spacial score (nSPS) is 14.4. The molecule has 0 bridgehead atoms. The van der Waals surface area contributed by atoms with Crippen LogP contribution in [0.1, 0.15) is 38.8 Å². The van der Waals surface area contributed by atoms with Crippen molar-refractivity contribution in [2.45, 2.75) is 50.9 Å². The summed E-state index contributed by atoms with van der Waals surface area (Å²) < 4.78 is 90.4. The number of hydrogen-bond acceptors (Lipinski definition) is 6. The monoisotopic (exact) mass is 622 g/mol. The van der Waals surface area contributed by atoms with Crippen LogP contribution in [0.3, 0.4) is 0 Å². The van der Waals surface area contributed by atoms with E-state index < -0.39 is 78.8 Å². The van der Waals surface area contributed by atoms with Gasteiger partial charge in [-0.3, -0.25) is 24.2 Å². The van der Waals surface area contributed by atoms with Crippen LogP contribution in [-0.4, -0.2) is 32.1 Å². The second kappa shape index (κ2) is 10.4. The largest absolute Gasteiger partial charge is 0.516 e. The number of nitrogens with one attached hydrogen (secondary N) is 1. The number of halogens is 6. The van der Waals surface area contributed by atoms with Crippen molar-refractivity contribution in [2.75, 3.05) is 0 Å². The van der Waals surface area contributed by atoms with Gasteiger partial charge in [0.1, 0.15) is 5.75 Å². The molecule has 0 radical (unpaired) electrons. The van der Waals surface area contributed by atoms with E-state index in [0.717, 1.165) is 19.1 Å². The topological polar surface area (TPSA) is 129 Å². The standard InChI is InChI=1S/C30H24F6N2O6/c1-14(38-25(43)19-12-17-18(13-20(19)26(38)44)24(42)37-23(17)41)10-15(6-5-9-39)28(29(31,32)33,30(34,35)36)16-7-8-22(40)21(11-16)27(2,3)4/h5-13,39-40H,1-4H3,(H,37,41,42)/b9-5+,14-10+,15-6+. The lowest BCUT2D eigenvalue weighted by atomic mass is 9.70. The van der Waals surface area contributed by atoms with Crippen molar-refractivity contribution in [3.8, 4) is 5.75 Å². The number of aromatic amines is 1. The highest BCUT2D eigenvalue weighted by molar-refractivity contribution is 5.98. The molecular weight excluding hydrogens is 598 g/mol. The maximum atomic E-state index is 15.0. The zero-order valence-electron chi connectivity index (χ0n) is 23.4. The van der Waals surface area contributed by atoms with Gasteiger partial charge in [-0.15, -0.1) is 0 Å². The number of benzene rings is 2. The fraction of sp³-hybridized carbons (Fsp3) is 0.267. The fourth-order valence-corrected chi connectivity index (χ4v) is 5.29. The van der Waals surface area contributed by atoms with E-state index in [-0.39, 0.29) is 22.6 Å². The number of aliphatic hydroxyl groups excluding tert-OH is 1. The molecule has 0 aliphatic rings. The zero-order chi connectivity index (χ0) is 33.2. The fourth-order valence-electron chi connectivity index (χ4n) is 5.29. The van der Waals surface area contributed by atoms with Gasteiger partial charge in [-0.2, -0.15) is 26.3 Å². The molecule has 4 rings (SSSR count). The summed E-state index contributed by atoms with van der Waals surface area (Å²) in [5, 5.41) is 18.2. The number of phenolic OH excluding ortho intramolecular Hbond substituents is 1. The summed E-state index contributed by atoms with van der Waals surface area (Å²) in [6.07, 6.45) is -10.8. The quantitative estimate of drug-likeness (QED) is 0.156. The molecule has 0 saturated carbocycles. The summed E-state index contributed by atoms with van der Waals surface area (Å²) in [5.41, 5.74) is -13.7. The zero-order valence-corrected chi connectivity index (χ0v) is 23.4. The van der Waals surface area contributed by atoms with Crippen molar-refractivity contribution in [1.29, 1.82) is 0 Å². The summed E-state index contributed by atoms with van der Waals surface area (Å²) >= 11 is 0. The number of aliphatic hydroxyl groups is 1. The summed E-state index contributed by atoms with van der Waals surface area (Å²) in [4.78, 5) is 52.6. The maximum absolute atomic E-state index is 15.0. The van der Waals surface area contributed by atoms with Crippen molar-refractivity contribution in [1.82, 2.24) is 9.55 Å². The van der Waals surface area contributed by atoms with Gasteiger partial charge in [0.2, 0.25) is 5.41 Å². The van der Waals surface area contributed by atoms with Gasteiger partial charge < -0.3 is 10.2 Å². The highest BCUT2D eigenvalue weighted by Gasteiger charge is 2.73. The Morgan fingerprint density at radius 3 is 1.75 bits per heavy atom. The number of hydrogen-bond donors (Lipinski definition) is 3. The molecule has 0 saturated heterocycles. The first-order chi connectivity index (χ1) is 20.2. The lowest BCUT2D eigenvalue weighted by molar-refractivity contribution is -0.288. The Labute approximate surface area is 243 Å². The molecule has 0 aliphatic carbocycles. The highest BCUT2D eigenvalue weighted by atomic mass is 19.4. The van der Waals surface area contributed by atoms with Crippen LogP contribution in [0.25, 0.3) is 27.2 Å². The molecule has 3 N–H and O–H groups in total. The van der Waals surface area contributed by atoms with Crippen molar-refractivity contribution < 1.29 is 36.6 Å². The Morgan fingerprint density at radius 1 is 0.818 bits per heavy atom. The molecule has 4 aromatic rings. The first-order valence-electron chi connectivity index (χ1n) is 12.8. The molecule has 2 aromatic carbocycles. The lowest BCUT2D eigenvalue weighted by Gasteiger charge is -2.39. The second-order valence-electron chi connectivity index (χ2n) is 11.1. The van der Waals surface area contributed by atoms with E-state index in [1.165, 1.54) is 20.8 Å². The van der Waals surface area contributed by atoms with Crippen LogP contribution in [0.2, 0.25) is 0 Å². The minimum absolute atomic E-state index is 0.198. The van der Waals surface area contributed by atoms with Crippen LogP contribution in [-0.2, 0) is 10.8 Å². The third-order valence-corrected chi connectivity index (χ3v) is 7.34. The Bertz CT molecular complexity index is 2010. The Hall–Kier alpha value is -4.88. The second-order valence-corrected chi connectivity index (χ2v) is 11.1. The van der Waals surface area contributed by atoms with Crippen LogP contribution in [0.4, 0.5) is 26.3 Å². The minimum Gasteiger partial charge on any atom is -0.516 e. The number of rotatable bonds is 5. The van der Waals surface area contributed by atoms with E-state index >= 15 is 26.3 Å². The average molecular weight is 623 g/mol. The number of fused-ring (bicyclic) bond motifs is 2. The van der Waals surface area contributed by atoms with Gasteiger partial charge in [-0.25, -0.2) is 4.57 Å². The number of aromatic nitrogens is 2. The van der Waals surface area contributed by atoms with Gasteiger partial charge in [0.15, 0.2) is 0 Å². The summed E-state index contributed by atoms with van der Waals surface area (Å²) in [6, 6.07) is 3.66. The molecule has 8 nitrogen and oxygen atoms in total. The van der Waals surface area contributed by atoms with E-state index in [0.29, 0.717) is 41.0 Å². The Kier molecular flexibility index (Phi) is 7.56. The molecule has 0 aliphatic heterocycles. The van der Waals surface area contributed by atoms with E-state index in [4.69, 9.17) is 0 Å². The van der Waals surface area contributed by atoms with Gasteiger partial charge >= 0.3 is 12.4 Å². The molecule has 14 heteroatoms. The Balaban J connectivity index is 2.12. The first kappa shape index (κ1) is 32.0. The predicted molar refractivity (Wildman–Crippen MR) is 152 cm³/mol. The smallest absolute Gasteiger partial charge is 0.411 e. The Morgan fingerprint density at radius 2 is 1.32 bits per heavy atom. The number of aromatic hydroxyl groups is 1. The number of nitrogens with zero attached hydrogens (tertiary/aromatic N) is 1. The van der Waals surface area contributed by atoms with Gasteiger partial charge in [-0.1, -0.05) is 39.0 Å². The van der Waals surface area contributed by atoms with Gasteiger partial charge in [-0.05, 0) is 59.4 Å². The summed E-state index contributed by atoms with van der Waals surface area (Å²) in [5.74, 6) is -0.544. The van der Waals surface area contributed by atoms with Crippen molar-refractivity contribution in [2.24, 2.45) is 0 Å². The number of phenols is 1. The van der Waals surface area contributed by atoms with E-state index in [1.807, 2.05) is 4.98 Å². The highest BCUT2D eigenvalue weighted by Crippen LogP contribution is 2.57. The lowest BCUT2D eigenvalue weighted by Crippen LogP contribution is -2.55. The number of H-pyrrole nitrogens is 1. The van der Waals surface area contributed by atoms with E-state index in [9.17, 15) is 29.4 Å². The van der Waals surface area contributed by atoms with Crippen LogP contribution >= 0.6 is 0 Å². The van der Waals surface area contributed by atoms with Gasteiger partial charge in [0, 0.05) is 5.70 Å². The van der Waals surface area contributed by atoms with E-state index in [1.54, 1.807) is 0 Å². The SMILES string of the molecule is C\C(=C/C(=C\C=C\O)C(c1ccc(O)c(C(C)(C)C)c1)(C(F)(F)F)C(F)(F)F)n1c(=O)c2cc3c(=O)[nH]c(=O)c3cc2c1=O. The maximum Gasteiger partial charge on any atom is 0.411 e. The van der Waals surface area contributed by atoms with Gasteiger partial charge in [0.05, 0.1) is 27.8 Å².